The smallest absolute Gasteiger partial charge is 0.225 e. The van der Waals surface area contributed by atoms with E-state index in [4.69, 9.17) is 9.26 Å². The summed E-state index contributed by atoms with van der Waals surface area (Å²) >= 11 is 0. The van der Waals surface area contributed by atoms with Crippen LogP contribution in [0.5, 0.6) is 5.75 Å². The molecule has 0 spiro atoms. The highest BCUT2D eigenvalue weighted by atomic mass is 16.5. The van der Waals surface area contributed by atoms with Crippen LogP contribution in [0.15, 0.2) is 83.4 Å². The lowest BCUT2D eigenvalue weighted by atomic mass is 9.95. The number of carbonyl (C=O) groups excluding carboxylic acids is 1. The zero-order chi connectivity index (χ0) is 24.8. The van der Waals surface area contributed by atoms with E-state index in [2.05, 4.69) is 48.6 Å². The standard InChI is InChI=1S/C30H32N2O3/c1-20(2)24-12-14-26(15-13-24)30(25-8-6-5-7-9-25)31-29(33)18-23-10-16-27(17-11-23)34-19-28-21(3)32-35-22(28)4/h5-17,20,30H,18-19H2,1-4H3,(H,31,33). The number of rotatable bonds is 9. The first-order valence-electron chi connectivity index (χ1n) is 12.0. The number of ether oxygens (including phenoxy) is 1. The van der Waals surface area contributed by atoms with Gasteiger partial charge in [0.2, 0.25) is 5.91 Å². The first kappa shape index (κ1) is 24.3. The van der Waals surface area contributed by atoms with E-state index in [1.54, 1.807) is 0 Å². The third kappa shape index (κ3) is 6.18. The molecule has 5 nitrogen and oxygen atoms in total. The van der Waals surface area contributed by atoms with Crippen LogP contribution < -0.4 is 10.1 Å². The van der Waals surface area contributed by atoms with Crippen LogP contribution in [0.2, 0.25) is 0 Å². The van der Waals surface area contributed by atoms with E-state index in [9.17, 15) is 4.79 Å². The topological polar surface area (TPSA) is 64.4 Å². The van der Waals surface area contributed by atoms with Crippen LogP contribution in [0, 0.1) is 13.8 Å². The minimum Gasteiger partial charge on any atom is -0.489 e. The second kappa shape index (κ2) is 11.0. The van der Waals surface area contributed by atoms with Crippen molar-refractivity contribution in [2.75, 3.05) is 0 Å². The fourth-order valence-electron chi connectivity index (χ4n) is 4.04. The second-order valence-corrected chi connectivity index (χ2v) is 9.14. The van der Waals surface area contributed by atoms with Crippen molar-refractivity contribution in [1.82, 2.24) is 10.5 Å². The van der Waals surface area contributed by atoms with Gasteiger partial charge in [0.25, 0.3) is 0 Å². The maximum absolute atomic E-state index is 13.0. The van der Waals surface area contributed by atoms with E-state index in [1.807, 2.05) is 68.4 Å². The number of aryl methyl sites for hydroxylation is 2. The van der Waals surface area contributed by atoms with Crippen LogP contribution in [0.1, 0.15) is 65.1 Å². The highest BCUT2D eigenvalue weighted by Crippen LogP contribution is 2.25. The zero-order valence-corrected chi connectivity index (χ0v) is 20.7. The predicted octanol–water partition coefficient (Wildman–Crippen LogP) is 6.44. The van der Waals surface area contributed by atoms with Crippen LogP contribution in [-0.2, 0) is 17.8 Å². The number of nitrogens with zero attached hydrogens (tertiary/aromatic N) is 1. The molecule has 1 N–H and O–H groups in total. The Morgan fingerprint density at radius 2 is 1.51 bits per heavy atom. The number of hydrogen-bond acceptors (Lipinski definition) is 4. The summed E-state index contributed by atoms with van der Waals surface area (Å²) in [6, 6.07) is 26.0. The number of amides is 1. The van der Waals surface area contributed by atoms with E-state index in [0.29, 0.717) is 12.5 Å². The maximum atomic E-state index is 13.0. The highest BCUT2D eigenvalue weighted by molar-refractivity contribution is 5.79. The number of benzene rings is 3. The largest absolute Gasteiger partial charge is 0.489 e. The predicted molar refractivity (Wildman–Crippen MR) is 137 cm³/mol. The third-order valence-corrected chi connectivity index (χ3v) is 6.23. The summed E-state index contributed by atoms with van der Waals surface area (Å²) in [5, 5.41) is 7.18. The molecule has 1 amide bonds. The average Bonchev–Trinajstić information content (AvgIpc) is 3.19. The van der Waals surface area contributed by atoms with Gasteiger partial charge in [0.15, 0.2) is 0 Å². The molecule has 0 aliphatic heterocycles. The molecule has 0 saturated heterocycles. The number of carbonyl (C=O) groups is 1. The van der Waals surface area contributed by atoms with Crippen molar-refractivity contribution < 1.29 is 14.1 Å². The van der Waals surface area contributed by atoms with Crippen LogP contribution in [0.3, 0.4) is 0 Å². The summed E-state index contributed by atoms with van der Waals surface area (Å²) in [5.74, 6) is 1.94. The summed E-state index contributed by atoms with van der Waals surface area (Å²) in [6.45, 7) is 8.53. The van der Waals surface area contributed by atoms with Crippen molar-refractivity contribution in [2.45, 2.75) is 52.7 Å². The Hall–Kier alpha value is -3.86. The highest BCUT2D eigenvalue weighted by Gasteiger charge is 2.17. The molecule has 3 aromatic carbocycles. The molecule has 0 fully saturated rings. The van der Waals surface area contributed by atoms with Crippen molar-refractivity contribution in [3.05, 3.63) is 118 Å². The minimum absolute atomic E-state index is 0.0313. The molecule has 1 atom stereocenters. The van der Waals surface area contributed by atoms with Crippen LogP contribution in [-0.4, -0.2) is 11.1 Å². The van der Waals surface area contributed by atoms with E-state index in [-0.39, 0.29) is 18.4 Å². The van der Waals surface area contributed by atoms with Crippen LogP contribution >= 0.6 is 0 Å². The Morgan fingerprint density at radius 1 is 0.886 bits per heavy atom. The van der Waals surface area contributed by atoms with Crippen molar-refractivity contribution in [1.29, 1.82) is 0 Å². The van der Waals surface area contributed by atoms with Crippen molar-refractivity contribution in [3.8, 4) is 5.75 Å². The average molecular weight is 469 g/mol. The van der Waals surface area contributed by atoms with Crippen LogP contribution in [0.4, 0.5) is 0 Å². The number of nitrogens with one attached hydrogen (secondary N) is 1. The van der Waals surface area contributed by atoms with Gasteiger partial charge in [-0.15, -0.1) is 0 Å². The summed E-state index contributed by atoms with van der Waals surface area (Å²) in [5.41, 5.74) is 6.13. The lowest BCUT2D eigenvalue weighted by molar-refractivity contribution is -0.120. The fourth-order valence-corrected chi connectivity index (χ4v) is 4.04. The summed E-state index contributed by atoms with van der Waals surface area (Å²) in [6.07, 6.45) is 0.289. The van der Waals surface area contributed by atoms with Gasteiger partial charge in [-0.2, -0.15) is 0 Å². The number of hydrogen-bond donors (Lipinski definition) is 1. The lowest BCUT2D eigenvalue weighted by Gasteiger charge is -2.21. The summed E-state index contributed by atoms with van der Waals surface area (Å²) in [4.78, 5) is 13.0. The molecule has 0 aliphatic rings. The summed E-state index contributed by atoms with van der Waals surface area (Å²) in [7, 11) is 0. The molecule has 5 heteroatoms. The van der Waals surface area contributed by atoms with Gasteiger partial charge in [0.05, 0.1) is 23.7 Å². The van der Waals surface area contributed by atoms with Gasteiger partial charge < -0.3 is 14.6 Å². The molecular formula is C30H32N2O3. The SMILES string of the molecule is Cc1noc(C)c1COc1ccc(CC(=O)NC(c2ccccc2)c2ccc(C(C)C)cc2)cc1. The molecular weight excluding hydrogens is 436 g/mol. The van der Waals surface area contributed by atoms with Crippen molar-refractivity contribution >= 4 is 5.91 Å². The van der Waals surface area contributed by atoms with Gasteiger partial charge in [-0.1, -0.05) is 85.7 Å². The molecule has 0 saturated carbocycles. The molecule has 1 aromatic heterocycles. The minimum atomic E-state index is -0.206. The molecule has 1 heterocycles. The quantitative estimate of drug-likeness (QED) is 0.307. The van der Waals surface area contributed by atoms with Gasteiger partial charge in [-0.25, -0.2) is 0 Å². The zero-order valence-electron chi connectivity index (χ0n) is 20.7. The third-order valence-electron chi connectivity index (χ3n) is 6.23. The van der Waals surface area contributed by atoms with Gasteiger partial charge in [0, 0.05) is 0 Å². The molecule has 0 radical (unpaired) electrons. The Balaban J connectivity index is 1.42. The Labute approximate surface area is 207 Å². The molecule has 0 aliphatic carbocycles. The maximum Gasteiger partial charge on any atom is 0.225 e. The molecule has 4 aromatic rings. The van der Waals surface area contributed by atoms with Gasteiger partial charge in [-0.05, 0) is 54.2 Å². The van der Waals surface area contributed by atoms with Gasteiger partial charge >= 0.3 is 0 Å². The first-order chi connectivity index (χ1) is 16.9. The van der Waals surface area contributed by atoms with E-state index in [0.717, 1.165) is 39.5 Å². The Kier molecular flexibility index (Phi) is 7.66. The monoisotopic (exact) mass is 468 g/mol. The first-order valence-corrected chi connectivity index (χ1v) is 12.0. The van der Waals surface area contributed by atoms with Crippen molar-refractivity contribution in [3.63, 3.8) is 0 Å². The molecule has 180 valence electrons. The van der Waals surface area contributed by atoms with Crippen molar-refractivity contribution in [2.24, 2.45) is 0 Å². The molecule has 0 bridgehead atoms. The molecule has 4 rings (SSSR count). The van der Waals surface area contributed by atoms with E-state index < -0.39 is 0 Å². The Morgan fingerprint density at radius 3 is 2.11 bits per heavy atom. The molecule has 35 heavy (non-hydrogen) atoms. The lowest BCUT2D eigenvalue weighted by Crippen LogP contribution is -2.30. The normalized spacial score (nSPS) is 11.9. The van der Waals surface area contributed by atoms with Gasteiger partial charge in [0.1, 0.15) is 18.1 Å². The number of aromatic nitrogens is 1. The van der Waals surface area contributed by atoms with Gasteiger partial charge in [-0.3, -0.25) is 4.79 Å². The Bertz CT molecular complexity index is 1220. The van der Waals surface area contributed by atoms with E-state index >= 15 is 0 Å². The fraction of sp³-hybridized carbons (Fsp3) is 0.267. The van der Waals surface area contributed by atoms with Crippen LogP contribution in [0.25, 0.3) is 0 Å². The molecule has 1 unspecified atom stereocenters. The van der Waals surface area contributed by atoms with E-state index in [1.165, 1.54) is 5.56 Å². The second-order valence-electron chi connectivity index (χ2n) is 9.14. The summed E-state index contributed by atoms with van der Waals surface area (Å²) < 4.78 is 11.1.